The number of methoxy groups -OCH3 is 1. The van der Waals surface area contributed by atoms with E-state index in [1.807, 2.05) is 12.1 Å². The average molecular weight is 437 g/mol. The number of carbonyl (C=O) groups is 1. The Kier molecular flexibility index (Phi) is 8.13. The molecule has 0 radical (unpaired) electrons. The molecule has 6 nitrogen and oxygen atoms in total. The molecule has 1 N–H and O–H groups in total. The maximum absolute atomic E-state index is 13.0. The van der Waals surface area contributed by atoms with E-state index in [1.54, 1.807) is 43.8 Å². The van der Waals surface area contributed by atoms with Crippen LogP contribution in [-0.2, 0) is 10.0 Å². The van der Waals surface area contributed by atoms with E-state index in [4.69, 9.17) is 4.74 Å². The minimum Gasteiger partial charge on any atom is -0.495 e. The van der Waals surface area contributed by atoms with E-state index >= 15 is 0 Å². The highest BCUT2D eigenvalue weighted by atomic mass is 32.2. The Morgan fingerprint density at radius 2 is 1.79 bits per heavy atom. The van der Waals surface area contributed by atoms with Crippen molar-refractivity contribution in [3.8, 4) is 5.75 Å². The van der Waals surface area contributed by atoms with E-state index in [1.165, 1.54) is 23.5 Å². The van der Waals surface area contributed by atoms with Gasteiger partial charge in [-0.05, 0) is 30.3 Å². The zero-order valence-electron chi connectivity index (χ0n) is 17.4. The predicted octanol–water partition coefficient (Wildman–Crippen LogP) is 4.48. The van der Waals surface area contributed by atoms with Crippen LogP contribution in [0.4, 0.5) is 5.69 Å². The Morgan fingerprint density at radius 1 is 1.14 bits per heavy atom. The van der Waals surface area contributed by atoms with Crippen molar-refractivity contribution in [1.29, 1.82) is 0 Å². The first-order valence-corrected chi connectivity index (χ1v) is 11.8. The number of benzene rings is 2. The van der Waals surface area contributed by atoms with Gasteiger partial charge in [-0.2, -0.15) is 4.31 Å². The Hall–Kier alpha value is -2.03. The summed E-state index contributed by atoms with van der Waals surface area (Å²) in [5, 5.41) is 3.14. The number of anilines is 1. The highest BCUT2D eigenvalue weighted by Gasteiger charge is 2.23. The summed E-state index contributed by atoms with van der Waals surface area (Å²) < 4.78 is 32.4. The van der Waals surface area contributed by atoms with Crippen LogP contribution in [0.5, 0.6) is 5.75 Å². The maximum atomic E-state index is 13.0. The van der Waals surface area contributed by atoms with Gasteiger partial charge in [-0.25, -0.2) is 8.42 Å². The normalized spacial score (nSPS) is 11.7. The number of hydrogen-bond donors (Lipinski definition) is 1. The molecule has 1 amide bonds. The van der Waals surface area contributed by atoms with Crippen molar-refractivity contribution in [3.63, 3.8) is 0 Å². The van der Waals surface area contributed by atoms with Crippen LogP contribution in [0.2, 0.25) is 0 Å². The van der Waals surface area contributed by atoms with Crippen LogP contribution in [-0.4, -0.2) is 44.1 Å². The fourth-order valence-corrected chi connectivity index (χ4v) is 5.30. The average Bonchev–Trinajstić information content (AvgIpc) is 2.68. The van der Waals surface area contributed by atoms with Crippen LogP contribution in [0.15, 0.2) is 52.3 Å². The number of nitrogens with zero attached hydrogens (tertiary/aromatic N) is 1. The van der Waals surface area contributed by atoms with E-state index in [0.717, 1.165) is 4.90 Å². The molecule has 0 bridgehead atoms. The Morgan fingerprint density at radius 3 is 2.38 bits per heavy atom. The number of thioether (sulfide) groups is 1. The van der Waals surface area contributed by atoms with Crippen LogP contribution in [0.25, 0.3) is 0 Å². The molecule has 158 valence electrons. The smallest absolute Gasteiger partial charge is 0.256 e. The van der Waals surface area contributed by atoms with Gasteiger partial charge in [-0.3, -0.25) is 4.79 Å². The molecule has 0 saturated heterocycles. The summed E-state index contributed by atoms with van der Waals surface area (Å²) in [6.45, 7) is 8.43. The van der Waals surface area contributed by atoms with Crippen molar-refractivity contribution < 1.29 is 17.9 Å². The maximum Gasteiger partial charge on any atom is 0.256 e. The van der Waals surface area contributed by atoms with Crippen LogP contribution in [0, 0.1) is 0 Å². The van der Waals surface area contributed by atoms with Crippen LogP contribution >= 0.6 is 11.8 Å². The molecular formula is C21H28N2O4S2. The second kappa shape index (κ2) is 10.1. The highest BCUT2D eigenvalue weighted by molar-refractivity contribution is 8.00. The van der Waals surface area contributed by atoms with Crippen LogP contribution in [0.3, 0.4) is 0 Å². The third kappa shape index (κ3) is 5.52. The largest absolute Gasteiger partial charge is 0.495 e. The van der Waals surface area contributed by atoms with Gasteiger partial charge in [0.25, 0.3) is 5.91 Å². The second-order valence-corrected chi connectivity index (χ2v) is 10.1. The van der Waals surface area contributed by atoms with Gasteiger partial charge in [0.1, 0.15) is 5.75 Å². The summed E-state index contributed by atoms with van der Waals surface area (Å²) in [6.07, 6.45) is 0. The van der Waals surface area contributed by atoms with Gasteiger partial charge in [0.2, 0.25) is 10.0 Å². The number of ether oxygens (including phenoxy) is 1. The lowest BCUT2D eigenvalue weighted by molar-refractivity contribution is 0.102. The summed E-state index contributed by atoms with van der Waals surface area (Å²) >= 11 is 1.60. The number of hydrogen-bond acceptors (Lipinski definition) is 5. The Balaban J connectivity index is 2.42. The number of carbonyl (C=O) groups excluding carboxylic acids is 1. The molecule has 0 heterocycles. The number of sulfonamides is 1. The Labute approximate surface area is 177 Å². The molecule has 0 aromatic heterocycles. The standard InChI is InChI=1S/C21H28N2O4S2/c1-6-23(7-2)29(25,26)16-12-13-19(27-5)18(14-16)22-21(24)17-10-8-9-11-20(17)28-15(3)4/h8-15H,6-7H2,1-5H3,(H,22,24). The summed E-state index contributed by atoms with van der Waals surface area (Å²) in [5.74, 6) is 0.0790. The molecule has 2 aromatic rings. The monoisotopic (exact) mass is 436 g/mol. The minimum absolute atomic E-state index is 0.113. The van der Waals surface area contributed by atoms with E-state index in [-0.39, 0.29) is 10.8 Å². The van der Waals surface area contributed by atoms with E-state index in [9.17, 15) is 13.2 Å². The molecule has 0 unspecified atom stereocenters. The van der Waals surface area contributed by atoms with Crippen molar-refractivity contribution in [2.45, 2.75) is 42.7 Å². The Bertz CT molecular complexity index is 955. The molecular weight excluding hydrogens is 408 g/mol. The lowest BCUT2D eigenvalue weighted by Gasteiger charge is -2.20. The molecule has 0 aliphatic carbocycles. The van der Waals surface area contributed by atoms with Gasteiger partial charge in [-0.15, -0.1) is 11.8 Å². The molecule has 0 spiro atoms. The molecule has 0 saturated carbocycles. The van der Waals surface area contributed by atoms with Crippen molar-refractivity contribution >= 4 is 33.4 Å². The first-order chi connectivity index (χ1) is 13.7. The van der Waals surface area contributed by atoms with Crippen LogP contribution < -0.4 is 10.1 Å². The molecule has 0 aliphatic rings. The van der Waals surface area contributed by atoms with E-state index in [0.29, 0.717) is 35.3 Å². The summed E-state index contributed by atoms with van der Waals surface area (Å²) in [7, 11) is -2.17. The van der Waals surface area contributed by atoms with Crippen molar-refractivity contribution in [1.82, 2.24) is 4.31 Å². The minimum atomic E-state index is -3.65. The first kappa shape index (κ1) is 23.3. The summed E-state index contributed by atoms with van der Waals surface area (Å²) in [6, 6.07) is 11.8. The molecule has 0 atom stereocenters. The van der Waals surface area contributed by atoms with Gasteiger partial charge < -0.3 is 10.1 Å². The third-order valence-corrected chi connectivity index (χ3v) is 7.38. The van der Waals surface area contributed by atoms with Crippen molar-refractivity contribution in [2.75, 3.05) is 25.5 Å². The van der Waals surface area contributed by atoms with Gasteiger partial charge >= 0.3 is 0 Å². The third-order valence-electron chi connectivity index (χ3n) is 4.26. The SMILES string of the molecule is CCN(CC)S(=O)(=O)c1ccc(OC)c(NC(=O)c2ccccc2SC(C)C)c1. The summed E-state index contributed by atoms with van der Waals surface area (Å²) in [5.41, 5.74) is 0.848. The topological polar surface area (TPSA) is 75.7 Å². The fraction of sp³-hybridized carbons (Fsp3) is 0.381. The zero-order valence-corrected chi connectivity index (χ0v) is 19.1. The van der Waals surface area contributed by atoms with Gasteiger partial charge in [0.05, 0.1) is 23.3 Å². The predicted molar refractivity (Wildman–Crippen MR) is 118 cm³/mol. The first-order valence-electron chi connectivity index (χ1n) is 9.49. The van der Waals surface area contributed by atoms with E-state index in [2.05, 4.69) is 19.2 Å². The van der Waals surface area contributed by atoms with Gasteiger partial charge in [-0.1, -0.05) is 39.8 Å². The lowest BCUT2D eigenvalue weighted by Crippen LogP contribution is -2.30. The molecule has 2 rings (SSSR count). The number of amides is 1. The molecule has 2 aromatic carbocycles. The second-order valence-electron chi connectivity index (χ2n) is 6.57. The van der Waals surface area contributed by atoms with Crippen LogP contribution in [0.1, 0.15) is 38.1 Å². The number of nitrogens with one attached hydrogen (secondary N) is 1. The molecule has 0 fully saturated rings. The van der Waals surface area contributed by atoms with Gasteiger partial charge in [0, 0.05) is 23.2 Å². The lowest BCUT2D eigenvalue weighted by atomic mass is 10.2. The van der Waals surface area contributed by atoms with Crippen molar-refractivity contribution in [2.24, 2.45) is 0 Å². The summed E-state index contributed by atoms with van der Waals surface area (Å²) in [4.78, 5) is 13.9. The molecule has 0 aliphatic heterocycles. The highest BCUT2D eigenvalue weighted by Crippen LogP contribution is 2.31. The van der Waals surface area contributed by atoms with Gasteiger partial charge in [0.15, 0.2) is 0 Å². The molecule has 8 heteroatoms. The van der Waals surface area contributed by atoms with Crippen molar-refractivity contribution in [3.05, 3.63) is 48.0 Å². The quantitative estimate of drug-likeness (QED) is 0.587. The zero-order chi connectivity index (χ0) is 21.6. The fourth-order valence-electron chi connectivity index (χ4n) is 2.86. The molecule has 29 heavy (non-hydrogen) atoms. The number of rotatable bonds is 9. The van der Waals surface area contributed by atoms with E-state index < -0.39 is 10.0 Å².